The van der Waals surface area contributed by atoms with E-state index < -0.39 is 0 Å². The van der Waals surface area contributed by atoms with Crippen molar-refractivity contribution in [2.45, 2.75) is 32.6 Å². The summed E-state index contributed by atoms with van der Waals surface area (Å²) in [4.78, 5) is 25.6. The number of rotatable bonds is 4. The fraction of sp³-hybridized carbons (Fsp3) is 0.278. The lowest BCUT2D eigenvalue weighted by Gasteiger charge is -2.13. The van der Waals surface area contributed by atoms with Gasteiger partial charge in [0.1, 0.15) is 11.3 Å². The van der Waals surface area contributed by atoms with Crippen molar-refractivity contribution in [3.8, 4) is 5.00 Å². The first kappa shape index (κ1) is 17.3. The lowest BCUT2D eigenvalue weighted by Crippen LogP contribution is -2.17. The molecular formula is C18H18N6O2S. The van der Waals surface area contributed by atoms with Crippen LogP contribution in [0.1, 0.15) is 40.6 Å². The Kier molecular flexibility index (Phi) is 4.68. The highest BCUT2D eigenvalue weighted by Crippen LogP contribution is 2.36. The summed E-state index contributed by atoms with van der Waals surface area (Å²) in [5.41, 5.74) is 2.97. The standard InChI is InChI=1S/C18H18N6O2S/c1-11(25)20-12-5-4-6-13(9-12)21-17(26)16-14-7-2-3-8-15(14)27-18(16)24-10-19-22-23-24/h4-6,9-10H,2-3,7-8H2,1H3,(H,20,25)(H,21,26). The van der Waals surface area contributed by atoms with E-state index in [0.717, 1.165) is 36.2 Å². The second kappa shape index (κ2) is 7.28. The molecule has 2 N–H and O–H groups in total. The molecule has 0 saturated carbocycles. The average molecular weight is 382 g/mol. The number of carbonyl (C=O) groups excluding carboxylic acids is 2. The number of thiophene rings is 1. The van der Waals surface area contributed by atoms with Crippen molar-refractivity contribution in [1.29, 1.82) is 0 Å². The van der Waals surface area contributed by atoms with Crippen LogP contribution in [-0.2, 0) is 17.6 Å². The number of fused-ring (bicyclic) bond motifs is 1. The van der Waals surface area contributed by atoms with Crippen LogP contribution in [0.2, 0.25) is 0 Å². The highest BCUT2D eigenvalue weighted by molar-refractivity contribution is 7.15. The molecule has 0 saturated heterocycles. The molecule has 9 heteroatoms. The minimum Gasteiger partial charge on any atom is -0.326 e. The van der Waals surface area contributed by atoms with E-state index in [1.54, 1.807) is 40.3 Å². The smallest absolute Gasteiger partial charge is 0.259 e. The first-order valence-corrected chi connectivity index (χ1v) is 9.50. The van der Waals surface area contributed by atoms with Gasteiger partial charge in [-0.05, 0) is 59.9 Å². The molecule has 2 aromatic heterocycles. The van der Waals surface area contributed by atoms with Crippen molar-refractivity contribution in [2.75, 3.05) is 10.6 Å². The fourth-order valence-corrected chi connectivity index (χ4v) is 4.58. The van der Waals surface area contributed by atoms with Gasteiger partial charge >= 0.3 is 0 Å². The summed E-state index contributed by atoms with van der Waals surface area (Å²) in [5, 5.41) is 17.8. The molecule has 1 aliphatic carbocycles. The summed E-state index contributed by atoms with van der Waals surface area (Å²) in [5.74, 6) is -0.355. The van der Waals surface area contributed by atoms with E-state index in [1.165, 1.54) is 18.1 Å². The molecule has 0 spiro atoms. The predicted octanol–water partition coefficient (Wildman–Crippen LogP) is 2.81. The van der Waals surface area contributed by atoms with Crippen LogP contribution >= 0.6 is 11.3 Å². The Labute approximate surface area is 159 Å². The molecule has 3 aromatic rings. The van der Waals surface area contributed by atoms with Crippen LogP contribution in [0.15, 0.2) is 30.6 Å². The molecule has 0 atom stereocenters. The van der Waals surface area contributed by atoms with Crippen molar-refractivity contribution >= 4 is 34.5 Å². The molecule has 0 unspecified atom stereocenters. The maximum absolute atomic E-state index is 13.1. The number of anilines is 2. The van der Waals surface area contributed by atoms with Gasteiger partial charge in [0.2, 0.25) is 5.91 Å². The Bertz CT molecular complexity index is 995. The number of hydrogen-bond acceptors (Lipinski definition) is 6. The van der Waals surface area contributed by atoms with Crippen LogP contribution in [0.3, 0.4) is 0 Å². The Balaban J connectivity index is 1.68. The third-order valence-electron chi connectivity index (χ3n) is 4.38. The predicted molar refractivity (Wildman–Crippen MR) is 102 cm³/mol. The van der Waals surface area contributed by atoms with Crippen LogP contribution < -0.4 is 10.6 Å². The highest BCUT2D eigenvalue weighted by Gasteiger charge is 2.27. The molecule has 1 aromatic carbocycles. The van der Waals surface area contributed by atoms with Gasteiger partial charge in [-0.3, -0.25) is 9.59 Å². The van der Waals surface area contributed by atoms with Crippen molar-refractivity contribution in [3.63, 3.8) is 0 Å². The third kappa shape index (κ3) is 3.59. The van der Waals surface area contributed by atoms with E-state index in [2.05, 4.69) is 26.2 Å². The van der Waals surface area contributed by atoms with Crippen molar-refractivity contribution in [2.24, 2.45) is 0 Å². The topological polar surface area (TPSA) is 102 Å². The largest absolute Gasteiger partial charge is 0.326 e. The van der Waals surface area contributed by atoms with Crippen LogP contribution in [-0.4, -0.2) is 32.0 Å². The van der Waals surface area contributed by atoms with Gasteiger partial charge in [0.05, 0.1) is 5.56 Å². The van der Waals surface area contributed by atoms with Gasteiger partial charge in [-0.15, -0.1) is 16.4 Å². The Morgan fingerprint density at radius 1 is 1.15 bits per heavy atom. The fourth-order valence-electron chi connectivity index (χ4n) is 3.27. The number of aromatic nitrogens is 4. The van der Waals surface area contributed by atoms with Gasteiger partial charge in [0.25, 0.3) is 5.91 Å². The third-order valence-corrected chi connectivity index (χ3v) is 5.66. The molecule has 0 radical (unpaired) electrons. The summed E-state index contributed by atoms with van der Waals surface area (Å²) in [6, 6.07) is 7.08. The lowest BCUT2D eigenvalue weighted by molar-refractivity contribution is -0.114. The Morgan fingerprint density at radius 3 is 2.67 bits per heavy atom. The Hall–Kier alpha value is -3.07. The summed E-state index contributed by atoms with van der Waals surface area (Å²) in [6.07, 6.45) is 5.55. The van der Waals surface area contributed by atoms with Crippen molar-refractivity contribution in [3.05, 3.63) is 46.6 Å². The molecule has 4 rings (SSSR count). The molecule has 27 heavy (non-hydrogen) atoms. The Morgan fingerprint density at radius 2 is 1.93 bits per heavy atom. The zero-order chi connectivity index (χ0) is 18.8. The van der Waals surface area contributed by atoms with Crippen LogP contribution in [0, 0.1) is 0 Å². The van der Waals surface area contributed by atoms with Crippen molar-refractivity contribution in [1.82, 2.24) is 20.2 Å². The minimum atomic E-state index is -0.195. The molecule has 0 aliphatic heterocycles. The van der Waals surface area contributed by atoms with Gasteiger partial charge in [-0.2, -0.15) is 4.68 Å². The first-order valence-electron chi connectivity index (χ1n) is 8.68. The molecule has 1 aliphatic rings. The van der Waals surface area contributed by atoms with Gasteiger partial charge in [-0.1, -0.05) is 6.07 Å². The van der Waals surface area contributed by atoms with Gasteiger partial charge in [0.15, 0.2) is 0 Å². The second-order valence-corrected chi connectivity index (χ2v) is 7.45. The first-order chi connectivity index (χ1) is 13.1. The quantitative estimate of drug-likeness (QED) is 0.722. The van der Waals surface area contributed by atoms with E-state index in [4.69, 9.17) is 0 Å². The second-order valence-electron chi connectivity index (χ2n) is 6.36. The number of nitrogens with zero attached hydrogens (tertiary/aromatic N) is 4. The maximum Gasteiger partial charge on any atom is 0.259 e. The molecule has 2 heterocycles. The zero-order valence-corrected chi connectivity index (χ0v) is 15.5. The molecule has 138 valence electrons. The van der Waals surface area contributed by atoms with Gasteiger partial charge < -0.3 is 10.6 Å². The van der Waals surface area contributed by atoms with E-state index in [-0.39, 0.29) is 11.8 Å². The lowest BCUT2D eigenvalue weighted by atomic mass is 9.95. The number of benzene rings is 1. The average Bonchev–Trinajstić information content (AvgIpc) is 3.29. The van der Waals surface area contributed by atoms with Crippen LogP contribution in [0.5, 0.6) is 0 Å². The molecule has 0 fully saturated rings. The summed E-state index contributed by atoms with van der Waals surface area (Å²) in [6.45, 7) is 1.45. The minimum absolute atomic E-state index is 0.161. The summed E-state index contributed by atoms with van der Waals surface area (Å²) >= 11 is 1.57. The molecule has 8 nitrogen and oxygen atoms in total. The summed E-state index contributed by atoms with van der Waals surface area (Å²) < 4.78 is 1.55. The van der Waals surface area contributed by atoms with E-state index >= 15 is 0 Å². The van der Waals surface area contributed by atoms with E-state index in [9.17, 15) is 9.59 Å². The number of nitrogens with one attached hydrogen (secondary N) is 2. The monoisotopic (exact) mass is 382 g/mol. The molecule has 0 bridgehead atoms. The van der Waals surface area contributed by atoms with Gasteiger partial charge in [-0.25, -0.2) is 0 Å². The highest BCUT2D eigenvalue weighted by atomic mass is 32.1. The zero-order valence-electron chi connectivity index (χ0n) is 14.7. The normalized spacial score (nSPS) is 13.1. The SMILES string of the molecule is CC(=O)Nc1cccc(NC(=O)c2c(-n3cnnn3)sc3c2CCCC3)c1. The number of carbonyl (C=O) groups is 2. The van der Waals surface area contributed by atoms with E-state index in [1.807, 2.05) is 0 Å². The van der Waals surface area contributed by atoms with Crippen molar-refractivity contribution < 1.29 is 9.59 Å². The van der Waals surface area contributed by atoms with Gasteiger partial charge in [0, 0.05) is 23.2 Å². The number of tetrazole rings is 1. The van der Waals surface area contributed by atoms with E-state index in [0.29, 0.717) is 16.9 Å². The molecular weight excluding hydrogens is 364 g/mol. The maximum atomic E-state index is 13.1. The summed E-state index contributed by atoms with van der Waals surface area (Å²) in [7, 11) is 0. The van der Waals surface area contributed by atoms with Crippen LogP contribution in [0.25, 0.3) is 5.00 Å². The number of hydrogen-bond donors (Lipinski definition) is 2. The number of amides is 2. The number of aryl methyl sites for hydroxylation is 1. The van der Waals surface area contributed by atoms with Crippen LogP contribution in [0.4, 0.5) is 11.4 Å². The molecule has 2 amide bonds.